The third-order valence-electron chi connectivity index (χ3n) is 1.36. The van der Waals surface area contributed by atoms with E-state index in [1.807, 2.05) is 0 Å². The van der Waals surface area contributed by atoms with Crippen molar-refractivity contribution in [3.63, 3.8) is 0 Å². The number of nitrogens with zero attached hydrogens (tertiary/aromatic N) is 1. The lowest BCUT2D eigenvalue weighted by molar-refractivity contribution is -0.158. The molecule has 4 nitrogen and oxygen atoms in total. The number of benzene rings is 1. The third kappa shape index (κ3) is 3.15. The van der Waals surface area contributed by atoms with Crippen LogP contribution in [0, 0.1) is 0 Å². The highest BCUT2D eigenvalue weighted by molar-refractivity contribution is 5.44. The van der Waals surface area contributed by atoms with E-state index in [0.29, 0.717) is 6.92 Å². The smallest absolute Gasteiger partial charge is 0.394 e. The van der Waals surface area contributed by atoms with Gasteiger partial charge in [0.25, 0.3) is 0 Å². The van der Waals surface area contributed by atoms with Crippen molar-refractivity contribution in [2.24, 2.45) is 0 Å². The molecule has 0 spiro atoms. The Labute approximate surface area is 78.9 Å². The van der Waals surface area contributed by atoms with Crippen LogP contribution in [0.3, 0.4) is 0 Å². The molecule has 0 radical (unpaired) electrons. The average Bonchev–Trinajstić information content (AvgIpc) is 2.02. The van der Waals surface area contributed by atoms with Crippen LogP contribution in [0.15, 0.2) is 24.3 Å². The molecule has 6 heteroatoms. The molecule has 0 saturated heterocycles. The summed E-state index contributed by atoms with van der Waals surface area (Å²) in [5, 5.41) is 17.0. The molecule has 14 heavy (non-hydrogen) atoms. The number of rotatable bonds is 3. The van der Waals surface area contributed by atoms with Gasteiger partial charge in [-0.3, -0.25) is 10.4 Å². The van der Waals surface area contributed by atoms with Gasteiger partial charge in [-0.15, -0.1) is 5.23 Å². The molecule has 2 N–H and O–H groups in total. The van der Waals surface area contributed by atoms with Crippen molar-refractivity contribution in [2.45, 2.75) is 13.0 Å². The van der Waals surface area contributed by atoms with Crippen molar-refractivity contribution < 1.29 is 23.9 Å². The van der Waals surface area contributed by atoms with Gasteiger partial charge >= 0.3 is 6.11 Å². The van der Waals surface area contributed by atoms with Gasteiger partial charge in [0, 0.05) is 6.92 Å². The van der Waals surface area contributed by atoms with E-state index >= 15 is 0 Å². The molecule has 0 aliphatic heterocycles. The molecule has 0 atom stereocenters. The summed E-state index contributed by atoms with van der Waals surface area (Å²) >= 11 is 0. The first-order valence-corrected chi connectivity index (χ1v) is 3.73. The van der Waals surface area contributed by atoms with E-state index in [1.54, 1.807) is 0 Å². The Morgan fingerprint density at radius 3 is 2.07 bits per heavy atom. The Kier molecular flexibility index (Phi) is 2.87. The van der Waals surface area contributed by atoms with Crippen LogP contribution in [-0.2, 0) is 0 Å². The highest BCUT2D eigenvalue weighted by atomic mass is 19.3. The lowest BCUT2D eigenvalue weighted by Crippen LogP contribution is -2.19. The zero-order valence-corrected chi connectivity index (χ0v) is 7.32. The zero-order valence-electron chi connectivity index (χ0n) is 7.32. The van der Waals surface area contributed by atoms with E-state index in [4.69, 9.17) is 10.4 Å². The van der Waals surface area contributed by atoms with Gasteiger partial charge in [-0.25, -0.2) is 0 Å². The van der Waals surface area contributed by atoms with Crippen LogP contribution < -0.4 is 9.96 Å². The van der Waals surface area contributed by atoms with Crippen LogP contribution in [-0.4, -0.2) is 16.5 Å². The molecule has 0 aliphatic carbocycles. The molecule has 0 heterocycles. The number of anilines is 1. The topological polar surface area (TPSA) is 52.9 Å². The molecular formula is C8H9F2NO3. The predicted octanol–water partition coefficient (Wildman–Crippen LogP) is 2.26. The Morgan fingerprint density at radius 1 is 1.21 bits per heavy atom. The second-order valence-electron chi connectivity index (χ2n) is 2.69. The Bertz CT molecular complexity index is 294. The number of alkyl halides is 2. The van der Waals surface area contributed by atoms with Crippen molar-refractivity contribution in [2.75, 3.05) is 5.23 Å². The summed E-state index contributed by atoms with van der Waals surface area (Å²) in [6.45, 7) is 0.616. The van der Waals surface area contributed by atoms with E-state index in [9.17, 15) is 8.78 Å². The van der Waals surface area contributed by atoms with E-state index in [-0.39, 0.29) is 16.7 Å². The first kappa shape index (κ1) is 10.7. The minimum Gasteiger partial charge on any atom is -0.433 e. The standard InChI is InChI=1S/C8H9F2NO3/c1-8(9,10)14-7-4-2-6(3-5-7)11(12)13/h2-5,12-13H,1H3. The Balaban J connectivity index is 2.74. The molecule has 1 aromatic carbocycles. The molecule has 1 aromatic rings. The minimum absolute atomic E-state index is 0.0526. The van der Waals surface area contributed by atoms with Crippen LogP contribution in [0.1, 0.15) is 6.92 Å². The fourth-order valence-electron chi connectivity index (χ4n) is 0.854. The molecule has 0 saturated carbocycles. The fourth-order valence-corrected chi connectivity index (χ4v) is 0.854. The van der Waals surface area contributed by atoms with Gasteiger partial charge in [0.2, 0.25) is 0 Å². The molecular weight excluding hydrogens is 196 g/mol. The highest BCUT2D eigenvalue weighted by Crippen LogP contribution is 2.23. The lowest BCUT2D eigenvalue weighted by Gasteiger charge is -2.13. The second kappa shape index (κ2) is 3.77. The Morgan fingerprint density at radius 2 is 1.71 bits per heavy atom. The minimum atomic E-state index is -3.25. The molecule has 0 amide bonds. The molecule has 0 bridgehead atoms. The summed E-state index contributed by atoms with van der Waals surface area (Å²) in [5.74, 6) is -0.0527. The van der Waals surface area contributed by atoms with Crippen molar-refractivity contribution >= 4 is 5.69 Å². The molecule has 0 unspecified atom stereocenters. The van der Waals surface area contributed by atoms with Crippen LogP contribution in [0.25, 0.3) is 0 Å². The average molecular weight is 205 g/mol. The van der Waals surface area contributed by atoms with Crippen molar-refractivity contribution in [1.82, 2.24) is 0 Å². The number of hydrogen-bond donors (Lipinski definition) is 2. The summed E-state index contributed by atoms with van der Waals surface area (Å²) in [7, 11) is 0. The fraction of sp³-hybridized carbons (Fsp3) is 0.250. The first-order chi connectivity index (χ1) is 6.38. The van der Waals surface area contributed by atoms with E-state index in [2.05, 4.69) is 4.74 Å². The second-order valence-corrected chi connectivity index (χ2v) is 2.69. The van der Waals surface area contributed by atoms with Crippen LogP contribution >= 0.6 is 0 Å². The normalized spacial score (nSPS) is 11.2. The van der Waals surface area contributed by atoms with E-state index in [1.165, 1.54) is 24.3 Å². The largest absolute Gasteiger partial charge is 0.433 e. The maximum atomic E-state index is 12.3. The summed E-state index contributed by atoms with van der Waals surface area (Å²) in [4.78, 5) is 0. The van der Waals surface area contributed by atoms with Crippen molar-refractivity contribution in [3.05, 3.63) is 24.3 Å². The van der Waals surface area contributed by atoms with Gasteiger partial charge in [-0.05, 0) is 24.3 Å². The third-order valence-corrected chi connectivity index (χ3v) is 1.36. The number of ether oxygens (including phenoxy) is 1. The predicted molar refractivity (Wildman–Crippen MR) is 43.7 cm³/mol. The molecule has 0 aliphatic rings. The van der Waals surface area contributed by atoms with Gasteiger partial charge in [-0.2, -0.15) is 8.78 Å². The van der Waals surface area contributed by atoms with Gasteiger partial charge in [0.15, 0.2) is 0 Å². The highest BCUT2D eigenvalue weighted by Gasteiger charge is 2.22. The zero-order chi connectivity index (χ0) is 10.8. The first-order valence-electron chi connectivity index (χ1n) is 3.73. The van der Waals surface area contributed by atoms with Crippen molar-refractivity contribution in [3.8, 4) is 5.75 Å². The summed E-state index contributed by atoms with van der Waals surface area (Å²) < 4.78 is 28.9. The molecule has 0 fully saturated rings. The van der Waals surface area contributed by atoms with Crippen LogP contribution in [0.2, 0.25) is 0 Å². The van der Waals surface area contributed by atoms with E-state index in [0.717, 1.165) is 0 Å². The summed E-state index contributed by atoms with van der Waals surface area (Å²) in [6.07, 6.45) is -3.25. The summed E-state index contributed by atoms with van der Waals surface area (Å²) in [6, 6.07) is 4.85. The maximum Gasteiger partial charge on any atom is 0.394 e. The van der Waals surface area contributed by atoms with Gasteiger partial charge < -0.3 is 4.74 Å². The quantitative estimate of drug-likeness (QED) is 0.743. The van der Waals surface area contributed by atoms with Gasteiger partial charge in [0.05, 0.1) is 5.69 Å². The lowest BCUT2D eigenvalue weighted by atomic mass is 10.3. The monoisotopic (exact) mass is 205 g/mol. The molecule has 0 aromatic heterocycles. The van der Waals surface area contributed by atoms with Crippen LogP contribution in [0.4, 0.5) is 14.5 Å². The number of hydrogen-bond acceptors (Lipinski definition) is 4. The molecule has 1 rings (SSSR count). The Hall–Kier alpha value is -1.40. The SMILES string of the molecule is CC(F)(F)Oc1ccc(N(O)O)cc1. The molecule has 78 valence electrons. The van der Waals surface area contributed by atoms with Crippen LogP contribution in [0.5, 0.6) is 5.75 Å². The maximum absolute atomic E-state index is 12.3. The summed E-state index contributed by atoms with van der Waals surface area (Å²) in [5.41, 5.74) is 0.0526. The number of halogens is 2. The van der Waals surface area contributed by atoms with Gasteiger partial charge in [-0.1, -0.05) is 0 Å². The van der Waals surface area contributed by atoms with Crippen molar-refractivity contribution in [1.29, 1.82) is 0 Å². The van der Waals surface area contributed by atoms with E-state index < -0.39 is 6.11 Å². The van der Waals surface area contributed by atoms with Gasteiger partial charge in [0.1, 0.15) is 5.75 Å².